The van der Waals surface area contributed by atoms with Gasteiger partial charge in [-0.1, -0.05) is 48.5 Å². The molecule has 9 heteroatoms. The Hall–Kier alpha value is -4.21. The molecule has 1 saturated heterocycles. The Bertz CT molecular complexity index is 1670. The number of aryl methyl sites for hydroxylation is 2. The minimum atomic E-state index is -0.442. The first-order chi connectivity index (χ1) is 19.4. The summed E-state index contributed by atoms with van der Waals surface area (Å²) in [6.45, 7) is 8.57. The van der Waals surface area contributed by atoms with Crippen molar-refractivity contribution in [1.82, 2.24) is 35.0 Å². The molecule has 0 radical (unpaired) electrons. The van der Waals surface area contributed by atoms with Crippen molar-refractivity contribution < 1.29 is 4.39 Å². The predicted molar refractivity (Wildman–Crippen MR) is 152 cm³/mol. The van der Waals surface area contributed by atoms with Crippen LogP contribution >= 0.6 is 0 Å². The Balaban J connectivity index is 1.37. The van der Waals surface area contributed by atoms with Gasteiger partial charge in [0, 0.05) is 49.2 Å². The van der Waals surface area contributed by atoms with Crippen LogP contribution in [0.1, 0.15) is 39.7 Å². The number of aromatic amines is 1. The van der Waals surface area contributed by atoms with Crippen LogP contribution in [0, 0.1) is 19.7 Å². The molecule has 1 N–H and O–H groups in total. The van der Waals surface area contributed by atoms with E-state index in [-0.39, 0.29) is 11.4 Å². The summed E-state index contributed by atoms with van der Waals surface area (Å²) < 4.78 is 15.3. The van der Waals surface area contributed by atoms with Crippen LogP contribution in [0.15, 0.2) is 77.6 Å². The average Bonchev–Trinajstić information content (AvgIpc) is 3.39. The second-order valence-corrected chi connectivity index (χ2v) is 10.6. The minimum Gasteiger partial charge on any atom is -0.322 e. The van der Waals surface area contributed by atoms with Gasteiger partial charge < -0.3 is 4.98 Å². The van der Waals surface area contributed by atoms with Crippen LogP contribution in [0.2, 0.25) is 0 Å². The van der Waals surface area contributed by atoms with Crippen molar-refractivity contribution in [1.29, 1.82) is 0 Å². The Morgan fingerprint density at radius 3 is 2.38 bits per heavy atom. The fourth-order valence-corrected chi connectivity index (χ4v) is 5.70. The number of H-pyrrole nitrogens is 1. The van der Waals surface area contributed by atoms with Gasteiger partial charge in [-0.25, -0.2) is 9.07 Å². The topological polar surface area (TPSA) is 82.9 Å². The standard InChI is InChI=1S/C31H32FN7O/c1-21-16-22(2)26-18-27(31(40)33-28(26)17-21)29(30-34-35-36-39(30)20-24-8-10-25(32)11-9-24)38-14-12-37(13-15-38)19-23-6-4-3-5-7-23/h3-11,16-18,29H,12-15,19-20H2,1-2H3,(H,33,40). The number of rotatable bonds is 7. The van der Waals surface area contributed by atoms with E-state index in [1.165, 1.54) is 17.7 Å². The first kappa shape index (κ1) is 26.0. The molecule has 1 unspecified atom stereocenters. The van der Waals surface area contributed by atoms with Crippen molar-refractivity contribution in [3.63, 3.8) is 0 Å². The number of hydrogen-bond donors (Lipinski definition) is 1. The zero-order chi connectivity index (χ0) is 27.6. The van der Waals surface area contributed by atoms with Gasteiger partial charge in [-0.2, -0.15) is 0 Å². The first-order valence-corrected chi connectivity index (χ1v) is 13.6. The van der Waals surface area contributed by atoms with Crippen LogP contribution in [0.4, 0.5) is 4.39 Å². The second kappa shape index (κ2) is 11.1. The van der Waals surface area contributed by atoms with Crippen molar-refractivity contribution in [2.24, 2.45) is 0 Å². The second-order valence-electron chi connectivity index (χ2n) is 10.6. The van der Waals surface area contributed by atoms with Gasteiger partial charge in [-0.3, -0.25) is 14.6 Å². The van der Waals surface area contributed by atoms with Crippen LogP contribution in [0.5, 0.6) is 0 Å². The molecule has 1 aliphatic heterocycles. The number of nitrogens with zero attached hydrogens (tertiary/aromatic N) is 6. The molecule has 2 aromatic heterocycles. The Kier molecular flexibility index (Phi) is 7.23. The Morgan fingerprint density at radius 2 is 1.62 bits per heavy atom. The molecule has 8 nitrogen and oxygen atoms in total. The van der Waals surface area contributed by atoms with E-state index >= 15 is 0 Å². The van der Waals surface area contributed by atoms with Crippen molar-refractivity contribution in [3.05, 3.63) is 123 Å². The molecule has 0 spiro atoms. The summed E-state index contributed by atoms with van der Waals surface area (Å²) in [6.07, 6.45) is 0. The highest BCUT2D eigenvalue weighted by Crippen LogP contribution is 2.29. The van der Waals surface area contributed by atoms with E-state index < -0.39 is 6.04 Å². The molecule has 1 atom stereocenters. The molecule has 0 aliphatic carbocycles. The molecular weight excluding hydrogens is 505 g/mol. The maximum atomic E-state index is 13.6. The molecule has 6 rings (SSSR count). The number of fused-ring (bicyclic) bond motifs is 1. The highest BCUT2D eigenvalue weighted by molar-refractivity contribution is 5.83. The fourth-order valence-electron chi connectivity index (χ4n) is 5.70. The summed E-state index contributed by atoms with van der Waals surface area (Å²) in [5.41, 5.74) is 5.65. The zero-order valence-electron chi connectivity index (χ0n) is 22.7. The molecule has 3 aromatic carbocycles. The SMILES string of the molecule is Cc1cc(C)c2cc(C(c3nnnn3Cc3ccc(F)cc3)N3CCN(Cc4ccccc4)CC3)c(=O)[nH]c2c1. The van der Waals surface area contributed by atoms with Gasteiger partial charge in [0.2, 0.25) is 0 Å². The maximum Gasteiger partial charge on any atom is 0.253 e. The lowest BCUT2D eigenvalue weighted by Crippen LogP contribution is -2.48. The van der Waals surface area contributed by atoms with Gasteiger partial charge in [0.25, 0.3) is 5.56 Å². The normalized spacial score (nSPS) is 15.5. The van der Waals surface area contributed by atoms with Crippen LogP contribution in [0.3, 0.4) is 0 Å². The molecule has 0 bridgehead atoms. The molecular formula is C31H32FN7O. The average molecular weight is 538 g/mol. The molecule has 40 heavy (non-hydrogen) atoms. The highest BCUT2D eigenvalue weighted by atomic mass is 19.1. The summed E-state index contributed by atoms with van der Waals surface area (Å²) in [5.74, 6) is 0.302. The van der Waals surface area contributed by atoms with Gasteiger partial charge in [0.05, 0.1) is 6.54 Å². The van der Waals surface area contributed by atoms with Crippen molar-refractivity contribution in [2.75, 3.05) is 26.2 Å². The molecule has 1 aliphatic rings. The van der Waals surface area contributed by atoms with Crippen LogP contribution in [-0.4, -0.2) is 61.2 Å². The van der Waals surface area contributed by atoms with E-state index in [1.54, 1.807) is 16.8 Å². The van der Waals surface area contributed by atoms with E-state index in [0.717, 1.165) is 60.3 Å². The number of hydrogen-bond acceptors (Lipinski definition) is 6. The third-order valence-electron chi connectivity index (χ3n) is 7.71. The van der Waals surface area contributed by atoms with Gasteiger partial charge >= 0.3 is 0 Å². The van der Waals surface area contributed by atoms with Gasteiger partial charge in [-0.05, 0) is 70.8 Å². The van der Waals surface area contributed by atoms with Gasteiger partial charge in [0.1, 0.15) is 11.9 Å². The van der Waals surface area contributed by atoms with Crippen molar-refractivity contribution >= 4 is 10.9 Å². The number of piperazine rings is 1. The number of halogens is 1. The number of tetrazole rings is 1. The third-order valence-corrected chi connectivity index (χ3v) is 7.71. The monoisotopic (exact) mass is 537 g/mol. The summed E-state index contributed by atoms with van der Waals surface area (Å²) in [4.78, 5) is 21.5. The highest BCUT2D eigenvalue weighted by Gasteiger charge is 2.33. The predicted octanol–water partition coefficient (Wildman–Crippen LogP) is 4.23. The van der Waals surface area contributed by atoms with Gasteiger partial charge in [0.15, 0.2) is 5.82 Å². The fraction of sp³-hybridized carbons (Fsp3) is 0.290. The van der Waals surface area contributed by atoms with Crippen LogP contribution < -0.4 is 5.56 Å². The maximum absolute atomic E-state index is 13.6. The Morgan fingerprint density at radius 1 is 0.900 bits per heavy atom. The number of nitrogens with one attached hydrogen (secondary N) is 1. The van der Waals surface area contributed by atoms with E-state index in [2.05, 4.69) is 67.6 Å². The zero-order valence-corrected chi connectivity index (χ0v) is 22.7. The smallest absolute Gasteiger partial charge is 0.253 e. The van der Waals surface area contributed by atoms with E-state index in [9.17, 15) is 9.18 Å². The molecule has 1 fully saturated rings. The lowest BCUT2D eigenvalue weighted by Gasteiger charge is -2.38. The Labute approximate surface area is 232 Å². The molecule has 0 saturated carbocycles. The first-order valence-electron chi connectivity index (χ1n) is 13.6. The van der Waals surface area contributed by atoms with E-state index in [0.29, 0.717) is 17.9 Å². The van der Waals surface area contributed by atoms with Crippen LogP contribution in [-0.2, 0) is 13.1 Å². The molecule has 3 heterocycles. The molecule has 0 amide bonds. The summed E-state index contributed by atoms with van der Waals surface area (Å²) in [7, 11) is 0. The molecule has 5 aromatic rings. The summed E-state index contributed by atoms with van der Waals surface area (Å²) in [5, 5.41) is 13.7. The largest absolute Gasteiger partial charge is 0.322 e. The number of pyridine rings is 1. The summed E-state index contributed by atoms with van der Waals surface area (Å²) >= 11 is 0. The molecule has 204 valence electrons. The van der Waals surface area contributed by atoms with Crippen LogP contribution in [0.25, 0.3) is 10.9 Å². The summed E-state index contributed by atoms with van der Waals surface area (Å²) in [6, 6.07) is 22.5. The third kappa shape index (κ3) is 5.43. The van der Waals surface area contributed by atoms with E-state index in [1.807, 2.05) is 25.1 Å². The lowest BCUT2D eigenvalue weighted by atomic mass is 9.99. The van der Waals surface area contributed by atoms with Gasteiger partial charge in [-0.15, -0.1) is 5.10 Å². The minimum absolute atomic E-state index is 0.148. The quantitative estimate of drug-likeness (QED) is 0.335. The number of aromatic nitrogens is 5. The van der Waals surface area contributed by atoms with E-state index in [4.69, 9.17) is 0 Å². The number of benzene rings is 3. The van der Waals surface area contributed by atoms with Crippen molar-refractivity contribution in [2.45, 2.75) is 33.0 Å². The lowest BCUT2D eigenvalue weighted by molar-refractivity contribution is 0.0998. The van der Waals surface area contributed by atoms with Crippen molar-refractivity contribution in [3.8, 4) is 0 Å².